The first-order valence-electron chi connectivity index (χ1n) is 7.93. The minimum Gasteiger partial charge on any atom is -0.369 e. The molecule has 1 unspecified atom stereocenters. The number of carbonyl (C=O) groups excluding carboxylic acids is 2. The van der Waals surface area contributed by atoms with Gasteiger partial charge in [-0.3, -0.25) is 9.59 Å². The zero-order chi connectivity index (χ0) is 16.0. The van der Waals surface area contributed by atoms with E-state index in [2.05, 4.69) is 5.32 Å². The minimum atomic E-state index is -1.05. The fourth-order valence-electron chi connectivity index (χ4n) is 3.16. The molecule has 1 fully saturated rings. The number of primary amides is 1. The summed E-state index contributed by atoms with van der Waals surface area (Å²) in [6.07, 6.45) is 4.50. The van der Waals surface area contributed by atoms with Gasteiger partial charge in [0.25, 0.3) is 0 Å². The largest absolute Gasteiger partial charge is 0.369 e. The molecule has 5 nitrogen and oxygen atoms in total. The Morgan fingerprint density at radius 1 is 1.14 bits per heavy atom. The average molecular weight is 303 g/mol. The third kappa shape index (κ3) is 3.65. The van der Waals surface area contributed by atoms with E-state index in [-0.39, 0.29) is 11.9 Å². The minimum absolute atomic E-state index is 0.187. The predicted molar refractivity (Wildman–Crippen MR) is 85.8 cm³/mol. The molecule has 0 aliphatic heterocycles. The van der Waals surface area contributed by atoms with Gasteiger partial charge in [0, 0.05) is 12.6 Å². The van der Waals surface area contributed by atoms with E-state index < -0.39 is 11.3 Å². The third-order valence-electron chi connectivity index (χ3n) is 4.56. The smallest absolute Gasteiger partial charge is 0.235 e. The highest BCUT2D eigenvalue weighted by atomic mass is 16.2. The second kappa shape index (κ2) is 7.40. The summed E-state index contributed by atoms with van der Waals surface area (Å²) in [4.78, 5) is 24.5. The van der Waals surface area contributed by atoms with E-state index in [0.29, 0.717) is 25.8 Å². The Morgan fingerprint density at radius 2 is 1.77 bits per heavy atom. The molecular weight excluding hydrogens is 278 g/mol. The lowest BCUT2D eigenvalue weighted by Crippen LogP contribution is -2.54. The maximum absolute atomic E-state index is 12.7. The fraction of sp³-hybridized carbons (Fsp3) is 0.529. The van der Waals surface area contributed by atoms with Gasteiger partial charge in [-0.2, -0.15) is 0 Å². The van der Waals surface area contributed by atoms with Gasteiger partial charge >= 0.3 is 0 Å². The van der Waals surface area contributed by atoms with Crippen molar-refractivity contribution in [2.45, 2.75) is 44.6 Å². The quantitative estimate of drug-likeness (QED) is 0.686. The van der Waals surface area contributed by atoms with Crippen LogP contribution < -0.4 is 16.8 Å². The van der Waals surface area contributed by atoms with E-state index in [4.69, 9.17) is 11.5 Å². The first-order valence-corrected chi connectivity index (χ1v) is 7.93. The Balaban J connectivity index is 2.05. The molecular formula is C17H25N3O2. The molecule has 5 N–H and O–H groups in total. The number of nitrogens with two attached hydrogens (primary N) is 2. The van der Waals surface area contributed by atoms with Gasteiger partial charge in [-0.05, 0) is 24.8 Å². The monoisotopic (exact) mass is 303 g/mol. The molecule has 1 aromatic rings. The SMILES string of the molecule is NCC(Cc1ccccc1)NC(=O)C1(C(N)=O)CCCCC1. The lowest BCUT2D eigenvalue weighted by atomic mass is 9.72. The van der Waals surface area contributed by atoms with Crippen molar-refractivity contribution in [3.8, 4) is 0 Å². The molecule has 0 aromatic heterocycles. The van der Waals surface area contributed by atoms with Crippen LogP contribution in [-0.2, 0) is 16.0 Å². The lowest BCUT2D eigenvalue weighted by molar-refractivity contribution is -0.144. The van der Waals surface area contributed by atoms with E-state index >= 15 is 0 Å². The summed E-state index contributed by atoms with van der Waals surface area (Å²) in [5.41, 5.74) is 11.4. The number of carbonyl (C=O) groups is 2. The Hall–Kier alpha value is -1.88. The van der Waals surface area contributed by atoms with Crippen LogP contribution in [0.1, 0.15) is 37.7 Å². The average Bonchev–Trinajstić information content (AvgIpc) is 2.55. The highest BCUT2D eigenvalue weighted by molar-refractivity contribution is 6.04. The van der Waals surface area contributed by atoms with Gasteiger partial charge < -0.3 is 16.8 Å². The molecule has 1 aromatic carbocycles. The number of amides is 2. The standard InChI is InChI=1S/C17H25N3O2/c18-12-14(11-13-7-3-1-4-8-13)20-16(22)17(15(19)21)9-5-2-6-10-17/h1,3-4,7-8,14H,2,5-6,9-12,18H2,(H2,19,21)(H,20,22). The van der Waals surface area contributed by atoms with Crippen LogP contribution in [0.2, 0.25) is 0 Å². The van der Waals surface area contributed by atoms with Crippen molar-refractivity contribution >= 4 is 11.8 Å². The predicted octanol–water partition coefficient (Wildman–Crippen LogP) is 1.11. The topological polar surface area (TPSA) is 98.2 Å². The van der Waals surface area contributed by atoms with Gasteiger partial charge in [0.15, 0.2) is 0 Å². The van der Waals surface area contributed by atoms with E-state index in [1.165, 1.54) is 0 Å². The molecule has 5 heteroatoms. The van der Waals surface area contributed by atoms with Crippen LogP contribution in [0.15, 0.2) is 30.3 Å². The zero-order valence-electron chi connectivity index (χ0n) is 12.9. The normalized spacial score (nSPS) is 18.4. The van der Waals surface area contributed by atoms with Crippen LogP contribution in [0.4, 0.5) is 0 Å². The zero-order valence-corrected chi connectivity index (χ0v) is 12.9. The van der Waals surface area contributed by atoms with Crippen molar-refractivity contribution in [3.63, 3.8) is 0 Å². The van der Waals surface area contributed by atoms with Crippen LogP contribution in [0, 0.1) is 5.41 Å². The number of rotatable bonds is 6. The summed E-state index contributed by atoms with van der Waals surface area (Å²) < 4.78 is 0. The van der Waals surface area contributed by atoms with Gasteiger partial charge in [0.1, 0.15) is 5.41 Å². The molecule has 0 radical (unpaired) electrons. The molecule has 22 heavy (non-hydrogen) atoms. The van der Waals surface area contributed by atoms with E-state index in [0.717, 1.165) is 24.8 Å². The molecule has 0 bridgehead atoms. The Morgan fingerprint density at radius 3 is 2.32 bits per heavy atom. The maximum Gasteiger partial charge on any atom is 0.235 e. The van der Waals surface area contributed by atoms with Crippen molar-refractivity contribution in [3.05, 3.63) is 35.9 Å². The maximum atomic E-state index is 12.7. The summed E-state index contributed by atoms with van der Waals surface area (Å²) in [5.74, 6) is -0.772. The van der Waals surface area contributed by atoms with Gasteiger partial charge in [0.2, 0.25) is 11.8 Å². The number of benzene rings is 1. The molecule has 1 atom stereocenters. The van der Waals surface area contributed by atoms with Crippen molar-refractivity contribution < 1.29 is 9.59 Å². The number of hydrogen-bond donors (Lipinski definition) is 3. The molecule has 2 amide bonds. The molecule has 2 rings (SSSR count). The van der Waals surface area contributed by atoms with Crippen molar-refractivity contribution in [2.24, 2.45) is 16.9 Å². The van der Waals surface area contributed by atoms with Crippen LogP contribution in [0.3, 0.4) is 0 Å². The van der Waals surface area contributed by atoms with Crippen LogP contribution >= 0.6 is 0 Å². The summed E-state index contributed by atoms with van der Waals surface area (Å²) in [6.45, 7) is 0.329. The Bertz CT molecular complexity index is 510. The van der Waals surface area contributed by atoms with Gasteiger partial charge in [-0.15, -0.1) is 0 Å². The molecule has 0 saturated heterocycles. The van der Waals surface area contributed by atoms with E-state index in [1.54, 1.807) is 0 Å². The number of hydrogen-bond acceptors (Lipinski definition) is 3. The van der Waals surface area contributed by atoms with Gasteiger partial charge in [0.05, 0.1) is 0 Å². The molecule has 1 aliphatic rings. The van der Waals surface area contributed by atoms with Crippen molar-refractivity contribution in [2.75, 3.05) is 6.54 Å². The molecule has 0 heterocycles. The molecule has 120 valence electrons. The summed E-state index contributed by atoms with van der Waals surface area (Å²) in [6, 6.07) is 9.67. The van der Waals surface area contributed by atoms with Crippen molar-refractivity contribution in [1.82, 2.24) is 5.32 Å². The second-order valence-corrected chi connectivity index (χ2v) is 6.10. The Kier molecular flexibility index (Phi) is 5.55. The van der Waals surface area contributed by atoms with Crippen LogP contribution in [0.25, 0.3) is 0 Å². The van der Waals surface area contributed by atoms with E-state index in [1.807, 2.05) is 30.3 Å². The summed E-state index contributed by atoms with van der Waals surface area (Å²) in [5, 5.41) is 2.94. The first-order chi connectivity index (χ1) is 10.6. The molecule has 1 aliphatic carbocycles. The highest BCUT2D eigenvalue weighted by Gasteiger charge is 2.45. The first kappa shape index (κ1) is 16.5. The fourth-order valence-corrected chi connectivity index (χ4v) is 3.16. The molecule has 1 saturated carbocycles. The van der Waals surface area contributed by atoms with Gasteiger partial charge in [-0.1, -0.05) is 49.6 Å². The highest BCUT2D eigenvalue weighted by Crippen LogP contribution is 2.36. The summed E-state index contributed by atoms with van der Waals surface area (Å²) >= 11 is 0. The van der Waals surface area contributed by atoms with Crippen LogP contribution in [-0.4, -0.2) is 24.4 Å². The van der Waals surface area contributed by atoms with Crippen molar-refractivity contribution in [1.29, 1.82) is 0 Å². The lowest BCUT2D eigenvalue weighted by Gasteiger charge is -2.34. The Labute approximate surface area is 131 Å². The van der Waals surface area contributed by atoms with Crippen LogP contribution in [0.5, 0.6) is 0 Å². The summed E-state index contributed by atoms with van der Waals surface area (Å²) in [7, 11) is 0. The molecule has 0 spiro atoms. The van der Waals surface area contributed by atoms with E-state index in [9.17, 15) is 9.59 Å². The number of nitrogens with one attached hydrogen (secondary N) is 1. The van der Waals surface area contributed by atoms with Gasteiger partial charge in [-0.25, -0.2) is 0 Å². The second-order valence-electron chi connectivity index (χ2n) is 6.10. The third-order valence-corrected chi connectivity index (χ3v) is 4.56.